The molecule has 2 nitrogen and oxygen atoms in total. The highest BCUT2D eigenvalue weighted by Gasteiger charge is 2.23. The molecule has 0 aliphatic heterocycles. The zero-order chi connectivity index (χ0) is 7.97. The molecule has 0 unspecified atom stereocenters. The maximum atomic E-state index is 4.30. The van der Waals surface area contributed by atoms with Crippen LogP contribution in [-0.2, 0) is 0 Å². The molecule has 2 aromatic heterocycles. The predicted octanol–water partition coefficient (Wildman–Crippen LogP) is 2.57. The lowest BCUT2D eigenvalue weighted by molar-refractivity contribution is 1.11. The van der Waals surface area contributed by atoms with E-state index >= 15 is 0 Å². The van der Waals surface area contributed by atoms with E-state index in [-0.39, 0.29) is 0 Å². The van der Waals surface area contributed by atoms with Crippen molar-refractivity contribution >= 4 is 21.7 Å². The van der Waals surface area contributed by atoms with E-state index in [1.54, 1.807) is 11.3 Å². The van der Waals surface area contributed by atoms with Crippen molar-refractivity contribution in [1.29, 1.82) is 0 Å². The first kappa shape index (κ1) is 6.54. The van der Waals surface area contributed by atoms with Gasteiger partial charge in [0.1, 0.15) is 0 Å². The SMILES string of the molecule is c1nc2ncc(C3CC3)cc2s1. The van der Waals surface area contributed by atoms with Crippen LogP contribution in [0.3, 0.4) is 0 Å². The Morgan fingerprint density at radius 2 is 2.25 bits per heavy atom. The third kappa shape index (κ3) is 0.932. The summed E-state index contributed by atoms with van der Waals surface area (Å²) in [7, 11) is 0. The fourth-order valence-corrected chi connectivity index (χ4v) is 2.09. The van der Waals surface area contributed by atoms with Gasteiger partial charge < -0.3 is 0 Å². The van der Waals surface area contributed by atoms with Crippen molar-refractivity contribution in [2.24, 2.45) is 0 Å². The van der Waals surface area contributed by atoms with Gasteiger partial charge in [-0.15, -0.1) is 11.3 Å². The van der Waals surface area contributed by atoms with E-state index in [1.165, 1.54) is 23.1 Å². The van der Waals surface area contributed by atoms with Crippen LogP contribution in [0.4, 0.5) is 0 Å². The summed E-state index contributed by atoms with van der Waals surface area (Å²) < 4.78 is 1.22. The molecular weight excluding hydrogens is 168 g/mol. The number of rotatable bonds is 1. The second kappa shape index (κ2) is 2.26. The van der Waals surface area contributed by atoms with Crippen molar-refractivity contribution in [3.63, 3.8) is 0 Å². The van der Waals surface area contributed by atoms with Crippen LogP contribution in [0.25, 0.3) is 10.3 Å². The first-order chi connectivity index (χ1) is 5.93. The molecule has 0 radical (unpaired) electrons. The van der Waals surface area contributed by atoms with E-state index in [9.17, 15) is 0 Å². The standard InChI is InChI=1S/C9H8N2S/c1-2-6(1)7-3-8-9(10-4-7)11-5-12-8/h3-6H,1-2H2. The highest BCUT2D eigenvalue weighted by atomic mass is 32.1. The third-order valence-electron chi connectivity index (χ3n) is 2.26. The molecule has 1 saturated carbocycles. The molecule has 0 saturated heterocycles. The summed E-state index contributed by atoms with van der Waals surface area (Å²) in [6.45, 7) is 0. The number of pyridine rings is 1. The molecule has 0 spiro atoms. The molecule has 2 heterocycles. The minimum atomic E-state index is 0.795. The van der Waals surface area contributed by atoms with E-state index in [0.29, 0.717) is 0 Å². The van der Waals surface area contributed by atoms with Gasteiger partial charge in [0.25, 0.3) is 0 Å². The molecule has 60 valence electrons. The third-order valence-corrected chi connectivity index (χ3v) is 3.02. The largest absolute Gasteiger partial charge is 0.236 e. The Balaban J connectivity index is 2.21. The summed E-state index contributed by atoms with van der Waals surface area (Å²) in [6, 6.07) is 2.23. The molecule has 0 amide bonds. The molecule has 3 heteroatoms. The second-order valence-electron chi connectivity index (χ2n) is 3.22. The first-order valence-corrected chi connectivity index (χ1v) is 5.00. The Kier molecular flexibility index (Phi) is 1.23. The minimum Gasteiger partial charge on any atom is -0.236 e. The zero-order valence-corrected chi connectivity index (χ0v) is 7.34. The maximum absolute atomic E-state index is 4.30. The molecular formula is C9H8N2S. The summed E-state index contributed by atoms with van der Waals surface area (Å²) >= 11 is 1.67. The molecule has 0 aromatic carbocycles. The Morgan fingerprint density at radius 1 is 1.33 bits per heavy atom. The van der Waals surface area contributed by atoms with Crippen LogP contribution in [0.15, 0.2) is 17.8 Å². The maximum Gasteiger partial charge on any atom is 0.170 e. The Bertz CT molecular complexity index is 417. The molecule has 0 bridgehead atoms. The first-order valence-electron chi connectivity index (χ1n) is 4.12. The van der Waals surface area contributed by atoms with Gasteiger partial charge in [-0.25, -0.2) is 9.97 Å². The molecule has 3 rings (SSSR count). The van der Waals surface area contributed by atoms with Crippen molar-refractivity contribution in [2.45, 2.75) is 18.8 Å². The van der Waals surface area contributed by atoms with Gasteiger partial charge in [0, 0.05) is 6.20 Å². The van der Waals surface area contributed by atoms with Gasteiger partial charge in [-0.05, 0) is 30.4 Å². The fraction of sp³-hybridized carbons (Fsp3) is 0.333. The van der Waals surface area contributed by atoms with Gasteiger partial charge in [0.2, 0.25) is 0 Å². The number of fused-ring (bicyclic) bond motifs is 1. The van der Waals surface area contributed by atoms with Gasteiger partial charge in [-0.3, -0.25) is 0 Å². The van der Waals surface area contributed by atoms with Crippen molar-refractivity contribution in [2.75, 3.05) is 0 Å². The molecule has 0 N–H and O–H groups in total. The van der Waals surface area contributed by atoms with Gasteiger partial charge in [-0.2, -0.15) is 0 Å². The summed E-state index contributed by atoms with van der Waals surface area (Å²) in [5.41, 5.74) is 4.14. The molecule has 1 aliphatic carbocycles. The number of thiazole rings is 1. The van der Waals surface area contributed by atoms with E-state index in [1.807, 2.05) is 11.7 Å². The topological polar surface area (TPSA) is 25.8 Å². The monoisotopic (exact) mass is 176 g/mol. The van der Waals surface area contributed by atoms with Crippen LogP contribution in [0.1, 0.15) is 24.3 Å². The Labute approximate surface area is 74.3 Å². The highest BCUT2D eigenvalue weighted by molar-refractivity contribution is 7.16. The van der Waals surface area contributed by atoms with Crippen molar-refractivity contribution < 1.29 is 0 Å². The van der Waals surface area contributed by atoms with Crippen LogP contribution in [0.5, 0.6) is 0 Å². The summed E-state index contributed by atoms with van der Waals surface area (Å²) in [5, 5.41) is 0. The van der Waals surface area contributed by atoms with Crippen molar-refractivity contribution in [1.82, 2.24) is 9.97 Å². The summed E-state index contributed by atoms with van der Waals surface area (Å²) in [6.07, 6.45) is 4.65. The number of aromatic nitrogens is 2. The van der Waals surface area contributed by atoms with Crippen LogP contribution in [-0.4, -0.2) is 9.97 Å². The van der Waals surface area contributed by atoms with Crippen LogP contribution in [0.2, 0.25) is 0 Å². The lowest BCUT2D eigenvalue weighted by Crippen LogP contribution is -1.81. The highest BCUT2D eigenvalue weighted by Crippen LogP contribution is 2.40. The van der Waals surface area contributed by atoms with Gasteiger partial charge in [-0.1, -0.05) is 0 Å². The Hall–Kier alpha value is -0.960. The normalized spacial score (nSPS) is 17.0. The minimum absolute atomic E-state index is 0.795. The van der Waals surface area contributed by atoms with E-state index < -0.39 is 0 Å². The molecule has 0 atom stereocenters. The molecule has 1 aliphatic rings. The number of hydrogen-bond acceptors (Lipinski definition) is 3. The van der Waals surface area contributed by atoms with E-state index in [2.05, 4.69) is 16.0 Å². The second-order valence-corrected chi connectivity index (χ2v) is 4.10. The average molecular weight is 176 g/mol. The van der Waals surface area contributed by atoms with E-state index in [0.717, 1.165) is 11.6 Å². The van der Waals surface area contributed by atoms with Gasteiger partial charge >= 0.3 is 0 Å². The fourth-order valence-electron chi connectivity index (χ4n) is 1.41. The molecule has 2 aromatic rings. The smallest absolute Gasteiger partial charge is 0.170 e. The predicted molar refractivity (Wildman–Crippen MR) is 49.4 cm³/mol. The summed E-state index contributed by atoms with van der Waals surface area (Å²) in [5.74, 6) is 0.795. The Morgan fingerprint density at radius 3 is 3.08 bits per heavy atom. The number of nitrogens with zero attached hydrogens (tertiary/aromatic N) is 2. The molecule has 12 heavy (non-hydrogen) atoms. The quantitative estimate of drug-likeness (QED) is 0.667. The van der Waals surface area contributed by atoms with Crippen LogP contribution < -0.4 is 0 Å². The zero-order valence-electron chi connectivity index (χ0n) is 6.53. The summed E-state index contributed by atoms with van der Waals surface area (Å²) in [4.78, 5) is 8.45. The van der Waals surface area contributed by atoms with Crippen LogP contribution >= 0.6 is 11.3 Å². The lowest BCUT2D eigenvalue weighted by Gasteiger charge is -1.94. The lowest BCUT2D eigenvalue weighted by atomic mass is 10.2. The van der Waals surface area contributed by atoms with Crippen LogP contribution in [0, 0.1) is 0 Å². The van der Waals surface area contributed by atoms with Gasteiger partial charge in [0.15, 0.2) is 5.65 Å². The average Bonchev–Trinajstić information content (AvgIpc) is 2.84. The van der Waals surface area contributed by atoms with Crippen molar-refractivity contribution in [3.8, 4) is 0 Å². The molecule has 1 fully saturated rings. The van der Waals surface area contributed by atoms with Gasteiger partial charge in [0.05, 0.1) is 10.2 Å². The number of hydrogen-bond donors (Lipinski definition) is 0. The van der Waals surface area contributed by atoms with Crippen molar-refractivity contribution in [3.05, 3.63) is 23.3 Å². The van der Waals surface area contributed by atoms with E-state index in [4.69, 9.17) is 0 Å².